The minimum absolute atomic E-state index is 0.0272. The number of hydrogen-bond donors (Lipinski definition) is 1. The first-order valence-corrected chi connectivity index (χ1v) is 12.6. The third-order valence-corrected chi connectivity index (χ3v) is 6.18. The zero-order valence-electron chi connectivity index (χ0n) is 21.5. The Balaban J connectivity index is 1.86. The van der Waals surface area contributed by atoms with Crippen LogP contribution in [0.3, 0.4) is 0 Å². The van der Waals surface area contributed by atoms with Gasteiger partial charge in [-0.15, -0.1) is 0 Å². The van der Waals surface area contributed by atoms with E-state index < -0.39 is 6.04 Å². The second-order valence-electron chi connectivity index (χ2n) is 9.81. The molecule has 3 aromatic carbocycles. The van der Waals surface area contributed by atoms with Crippen LogP contribution in [0.4, 0.5) is 0 Å². The number of carbonyl (C=O) groups excluding carboxylic acids is 2. The second kappa shape index (κ2) is 12.6. The third-order valence-electron chi connectivity index (χ3n) is 5.95. The number of likely N-dealkylation sites (N-methyl/N-ethyl adjacent to an activating group) is 1. The molecule has 3 rings (SSSR count). The maximum atomic E-state index is 13.6. The van der Waals surface area contributed by atoms with Crippen molar-refractivity contribution < 1.29 is 14.3 Å². The number of nitrogens with one attached hydrogen (secondary N) is 1. The van der Waals surface area contributed by atoms with Crippen LogP contribution in [0.2, 0.25) is 5.02 Å². The van der Waals surface area contributed by atoms with Gasteiger partial charge in [-0.3, -0.25) is 9.59 Å². The molecule has 0 aliphatic rings. The van der Waals surface area contributed by atoms with Gasteiger partial charge in [-0.25, -0.2) is 0 Å². The van der Waals surface area contributed by atoms with Crippen LogP contribution in [0.25, 0.3) is 0 Å². The summed E-state index contributed by atoms with van der Waals surface area (Å²) >= 11 is 6.21. The van der Waals surface area contributed by atoms with Gasteiger partial charge in [0.2, 0.25) is 5.91 Å². The Bertz CT molecular complexity index is 1140. The van der Waals surface area contributed by atoms with E-state index >= 15 is 0 Å². The molecule has 3 aromatic rings. The van der Waals surface area contributed by atoms with E-state index in [2.05, 4.69) is 26.1 Å². The quantitative estimate of drug-likeness (QED) is 0.378. The standard InChI is InChI=1S/C30H35ClN2O3/c1-5-32-29(35)27(19-22-10-7-6-8-11-22)33(20-23-12-9-13-25(31)18-23)28(34)21-36-26-16-14-24(15-17-26)30(2,3)4/h6-18,27H,5,19-21H2,1-4H3,(H,32,35). The molecule has 2 amide bonds. The maximum Gasteiger partial charge on any atom is 0.261 e. The van der Waals surface area contributed by atoms with Gasteiger partial charge in [0.1, 0.15) is 11.8 Å². The van der Waals surface area contributed by atoms with Crippen LogP contribution >= 0.6 is 11.6 Å². The predicted octanol–water partition coefficient (Wildman–Crippen LogP) is 5.79. The van der Waals surface area contributed by atoms with Crippen molar-refractivity contribution in [3.63, 3.8) is 0 Å². The van der Waals surface area contributed by atoms with E-state index in [-0.39, 0.29) is 30.4 Å². The molecule has 0 saturated carbocycles. The van der Waals surface area contributed by atoms with E-state index in [9.17, 15) is 9.59 Å². The average Bonchev–Trinajstić information content (AvgIpc) is 2.85. The molecule has 5 nitrogen and oxygen atoms in total. The Morgan fingerprint density at radius 3 is 2.22 bits per heavy atom. The fourth-order valence-corrected chi connectivity index (χ4v) is 4.17. The Hall–Kier alpha value is -3.31. The summed E-state index contributed by atoms with van der Waals surface area (Å²) in [5, 5.41) is 3.47. The Morgan fingerprint density at radius 2 is 1.61 bits per heavy atom. The summed E-state index contributed by atoms with van der Waals surface area (Å²) in [6, 6.07) is 24.1. The van der Waals surface area contributed by atoms with E-state index in [4.69, 9.17) is 16.3 Å². The van der Waals surface area contributed by atoms with Gasteiger partial charge in [-0.2, -0.15) is 0 Å². The minimum Gasteiger partial charge on any atom is -0.484 e. The molecule has 0 aliphatic heterocycles. The molecule has 1 atom stereocenters. The van der Waals surface area contributed by atoms with Crippen molar-refractivity contribution in [2.24, 2.45) is 0 Å². The number of nitrogens with zero attached hydrogens (tertiary/aromatic N) is 1. The van der Waals surface area contributed by atoms with Crippen LogP contribution in [0, 0.1) is 0 Å². The highest BCUT2D eigenvalue weighted by atomic mass is 35.5. The van der Waals surface area contributed by atoms with E-state index in [0.29, 0.717) is 23.7 Å². The van der Waals surface area contributed by atoms with Crippen LogP contribution in [0.1, 0.15) is 44.4 Å². The molecule has 0 aromatic heterocycles. The molecule has 0 radical (unpaired) electrons. The number of rotatable bonds is 10. The van der Waals surface area contributed by atoms with E-state index in [1.54, 1.807) is 11.0 Å². The van der Waals surface area contributed by atoms with Crippen LogP contribution in [-0.4, -0.2) is 35.9 Å². The van der Waals surface area contributed by atoms with Gasteiger partial charge in [0, 0.05) is 24.5 Å². The second-order valence-corrected chi connectivity index (χ2v) is 10.3. The molecule has 0 spiro atoms. The first kappa shape index (κ1) is 27.3. The van der Waals surface area contributed by atoms with Gasteiger partial charge >= 0.3 is 0 Å². The molecule has 0 saturated heterocycles. The highest BCUT2D eigenvalue weighted by Crippen LogP contribution is 2.24. The summed E-state index contributed by atoms with van der Waals surface area (Å²) < 4.78 is 5.87. The molecular weight excluding hydrogens is 472 g/mol. The van der Waals surface area contributed by atoms with Crippen LogP contribution in [0.15, 0.2) is 78.9 Å². The molecule has 1 N–H and O–H groups in total. The number of hydrogen-bond acceptors (Lipinski definition) is 3. The van der Waals surface area contributed by atoms with Crippen molar-refractivity contribution in [2.75, 3.05) is 13.2 Å². The lowest BCUT2D eigenvalue weighted by Crippen LogP contribution is -2.51. The van der Waals surface area contributed by atoms with E-state index in [0.717, 1.165) is 11.1 Å². The smallest absolute Gasteiger partial charge is 0.261 e. The first-order valence-electron chi connectivity index (χ1n) is 12.3. The number of benzene rings is 3. The van der Waals surface area contributed by atoms with Gasteiger partial charge in [-0.1, -0.05) is 87.0 Å². The summed E-state index contributed by atoms with van der Waals surface area (Å²) in [4.78, 5) is 28.3. The number of ether oxygens (including phenoxy) is 1. The fraction of sp³-hybridized carbons (Fsp3) is 0.333. The summed E-state index contributed by atoms with van der Waals surface area (Å²) in [6.45, 7) is 8.84. The molecule has 0 fully saturated rings. The van der Waals surface area contributed by atoms with Gasteiger partial charge in [0.05, 0.1) is 0 Å². The summed E-state index contributed by atoms with van der Waals surface area (Å²) in [5.41, 5.74) is 3.02. The van der Waals surface area contributed by atoms with Gasteiger partial charge in [0.15, 0.2) is 6.61 Å². The molecule has 0 heterocycles. The summed E-state index contributed by atoms with van der Waals surface area (Å²) in [7, 11) is 0. The van der Waals surface area contributed by atoms with Crippen molar-refractivity contribution in [1.29, 1.82) is 0 Å². The highest BCUT2D eigenvalue weighted by molar-refractivity contribution is 6.30. The predicted molar refractivity (Wildman–Crippen MR) is 145 cm³/mol. The molecule has 36 heavy (non-hydrogen) atoms. The lowest BCUT2D eigenvalue weighted by molar-refractivity contribution is -0.142. The number of carbonyl (C=O) groups is 2. The van der Waals surface area contributed by atoms with Gasteiger partial charge in [-0.05, 0) is 53.3 Å². The number of halogens is 1. The molecule has 1 unspecified atom stereocenters. The molecular formula is C30H35ClN2O3. The first-order chi connectivity index (χ1) is 17.2. The normalized spacial score (nSPS) is 12.0. The van der Waals surface area contributed by atoms with Crippen molar-refractivity contribution >= 4 is 23.4 Å². The Labute approximate surface area is 219 Å². The van der Waals surface area contributed by atoms with E-state index in [1.807, 2.05) is 79.7 Å². The molecule has 0 bridgehead atoms. The van der Waals surface area contributed by atoms with Crippen molar-refractivity contribution in [3.05, 3.63) is 101 Å². The fourth-order valence-electron chi connectivity index (χ4n) is 3.96. The molecule has 6 heteroatoms. The van der Waals surface area contributed by atoms with Crippen LogP contribution < -0.4 is 10.1 Å². The van der Waals surface area contributed by atoms with Crippen LogP contribution in [-0.2, 0) is 28.0 Å². The summed E-state index contributed by atoms with van der Waals surface area (Å²) in [5.74, 6) is 0.130. The SMILES string of the molecule is CCNC(=O)C(Cc1ccccc1)N(Cc1cccc(Cl)c1)C(=O)COc1ccc(C(C)(C)C)cc1. The van der Waals surface area contributed by atoms with Crippen molar-refractivity contribution in [3.8, 4) is 5.75 Å². The monoisotopic (exact) mass is 506 g/mol. The topological polar surface area (TPSA) is 58.6 Å². The molecule has 190 valence electrons. The van der Waals surface area contributed by atoms with E-state index in [1.165, 1.54) is 5.56 Å². The third kappa shape index (κ3) is 7.85. The zero-order valence-corrected chi connectivity index (χ0v) is 22.2. The average molecular weight is 507 g/mol. The lowest BCUT2D eigenvalue weighted by atomic mass is 9.87. The van der Waals surface area contributed by atoms with Crippen LogP contribution in [0.5, 0.6) is 5.75 Å². The maximum absolute atomic E-state index is 13.6. The summed E-state index contributed by atoms with van der Waals surface area (Å²) in [6.07, 6.45) is 0.388. The van der Waals surface area contributed by atoms with Gasteiger partial charge < -0.3 is 15.0 Å². The van der Waals surface area contributed by atoms with Crippen molar-refractivity contribution in [1.82, 2.24) is 10.2 Å². The van der Waals surface area contributed by atoms with Gasteiger partial charge in [0.25, 0.3) is 5.91 Å². The Kier molecular flexibility index (Phi) is 9.54. The number of amides is 2. The minimum atomic E-state index is -0.703. The Morgan fingerprint density at radius 1 is 0.944 bits per heavy atom. The molecule has 0 aliphatic carbocycles. The van der Waals surface area contributed by atoms with Crippen molar-refractivity contribution in [2.45, 2.75) is 52.1 Å². The largest absolute Gasteiger partial charge is 0.484 e. The zero-order chi connectivity index (χ0) is 26.1. The lowest BCUT2D eigenvalue weighted by Gasteiger charge is -2.31. The highest BCUT2D eigenvalue weighted by Gasteiger charge is 2.30.